The first kappa shape index (κ1) is 5.41. The lowest BCUT2D eigenvalue weighted by molar-refractivity contribution is -0.110. The zero-order valence-corrected chi connectivity index (χ0v) is 5.27. The van der Waals surface area contributed by atoms with Crippen molar-refractivity contribution >= 4 is 12.5 Å². The highest BCUT2D eigenvalue weighted by Gasteiger charge is 2.13. The minimum atomic E-state index is -0.315. The van der Waals surface area contributed by atoms with E-state index in [0.717, 1.165) is 12.0 Å². The molecule has 0 aliphatic carbocycles. The molecule has 1 unspecified atom stereocenters. The molecule has 0 saturated carbocycles. The summed E-state index contributed by atoms with van der Waals surface area (Å²) < 4.78 is 1.83. The van der Waals surface area contributed by atoms with Gasteiger partial charge in [0.25, 0.3) is 0 Å². The van der Waals surface area contributed by atoms with E-state index in [2.05, 4.69) is 4.99 Å². The summed E-state index contributed by atoms with van der Waals surface area (Å²) in [5.74, 6) is 0. The minimum absolute atomic E-state index is 0. The molecule has 0 amide bonds. The van der Waals surface area contributed by atoms with Crippen LogP contribution in [0.15, 0.2) is 23.3 Å². The Morgan fingerprint density at radius 2 is 2.70 bits per heavy atom. The molecule has 1 aliphatic heterocycles. The van der Waals surface area contributed by atoms with Gasteiger partial charge in [-0.2, -0.15) is 0 Å². The van der Waals surface area contributed by atoms with Crippen molar-refractivity contribution in [3.63, 3.8) is 0 Å². The number of aldehydes is 1. The normalized spacial score (nSPS) is 21.0. The van der Waals surface area contributed by atoms with Gasteiger partial charge >= 0.3 is 1.43 Å². The topological polar surface area (TPSA) is 34.4 Å². The summed E-state index contributed by atoms with van der Waals surface area (Å²) in [4.78, 5) is 14.3. The number of carbonyl (C=O) groups is 1. The fraction of sp³-hybridized carbons (Fsp3) is 0.143. The zero-order valence-electron chi connectivity index (χ0n) is 6.27. The third-order valence-corrected chi connectivity index (χ3v) is 1.58. The number of carbonyl (C=O) groups excluding carboxylic acids is 1. The molecular formula is C7H7N2O+. The SMILES string of the molecule is O=CC1N=Cc2cccn21.[H+]. The van der Waals surface area contributed by atoms with Crippen molar-refractivity contribution in [2.75, 3.05) is 0 Å². The van der Waals surface area contributed by atoms with E-state index in [1.165, 1.54) is 0 Å². The maximum atomic E-state index is 10.3. The molecule has 0 radical (unpaired) electrons. The van der Waals surface area contributed by atoms with Crippen LogP contribution in [-0.4, -0.2) is 17.1 Å². The smallest absolute Gasteiger partial charge is 0.318 e. The second-order valence-electron chi connectivity index (χ2n) is 2.17. The number of fused-ring (bicyclic) bond motifs is 1. The molecule has 2 rings (SSSR count). The summed E-state index contributed by atoms with van der Waals surface area (Å²) >= 11 is 0. The fourth-order valence-corrected chi connectivity index (χ4v) is 1.08. The lowest BCUT2D eigenvalue weighted by atomic mass is 10.5. The van der Waals surface area contributed by atoms with Crippen molar-refractivity contribution in [3.05, 3.63) is 24.0 Å². The van der Waals surface area contributed by atoms with E-state index < -0.39 is 0 Å². The summed E-state index contributed by atoms with van der Waals surface area (Å²) in [6.07, 6.45) is 4.07. The van der Waals surface area contributed by atoms with E-state index in [0.29, 0.717) is 0 Å². The molecule has 1 aromatic heterocycles. The van der Waals surface area contributed by atoms with E-state index >= 15 is 0 Å². The molecule has 0 bridgehead atoms. The Morgan fingerprint density at radius 3 is 3.50 bits per heavy atom. The highest BCUT2D eigenvalue weighted by molar-refractivity contribution is 5.82. The summed E-state index contributed by atoms with van der Waals surface area (Å²) in [5.41, 5.74) is 0.997. The average molecular weight is 135 g/mol. The first-order chi connectivity index (χ1) is 4.92. The number of aliphatic imine (C=N–C) groups is 1. The molecule has 0 fully saturated rings. The fourth-order valence-electron chi connectivity index (χ4n) is 1.08. The van der Waals surface area contributed by atoms with Gasteiger partial charge in [0.05, 0.1) is 5.69 Å². The monoisotopic (exact) mass is 135 g/mol. The lowest BCUT2D eigenvalue weighted by Gasteiger charge is -2.00. The Kier molecular flexibility index (Phi) is 0.974. The van der Waals surface area contributed by atoms with E-state index in [-0.39, 0.29) is 7.59 Å². The minimum Gasteiger partial charge on any atom is -0.318 e. The Bertz CT molecular complexity index is 292. The van der Waals surface area contributed by atoms with Gasteiger partial charge in [-0.15, -0.1) is 0 Å². The van der Waals surface area contributed by atoms with Crippen LogP contribution in [0.5, 0.6) is 0 Å². The Hall–Kier alpha value is -1.38. The summed E-state index contributed by atoms with van der Waals surface area (Å²) in [7, 11) is 0. The zero-order chi connectivity index (χ0) is 6.97. The van der Waals surface area contributed by atoms with Crippen LogP contribution in [0, 0.1) is 0 Å². The molecule has 3 heteroatoms. The van der Waals surface area contributed by atoms with Gasteiger partial charge in [-0.3, -0.25) is 9.79 Å². The molecule has 0 spiro atoms. The second-order valence-corrected chi connectivity index (χ2v) is 2.17. The quantitative estimate of drug-likeness (QED) is 0.523. The third-order valence-electron chi connectivity index (χ3n) is 1.58. The molecule has 2 heterocycles. The first-order valence-electron chi connectivity index (χ1n) is 3.07. The van der Waals surface area contributed by atoms with Crippen LogP contribution in [0.3, 0.4) is 0 Å². The number of nitrogens with zero attached hydrogens (tertiary/aromatic N) is 2. The van der Waals surface area contributed by atoms with Gasteiger partial charge in [-0.05, 0) is 12.1 Å². The summed E-state index contributed by atoms with van der Waals surface area (Å²) in [5, 5.41) is 0. The largest absolute Gasteiger partial charge is 1.00 e. The Labute approximate surface area is 59.5 Å². The maximum absolute atomic E-state index is 10.3. The molecule has 10 heavy (non-hydrogen) atoms. The van der Waals surface area contributed by atoms with Crippen LogP contribution in [0.25, 0.3) is 0 Å². The van der Waals surface area contributed by atoms with E-state index in [4.69, 9.17) is 0 Å². The van der Waals surface area contributed by atoms with Crippen molar-refractivity contribution in [2.45, 2.75) is 6.17 Å². The average Bonchev–Trinajstić information content (AvgIpc) is 2.44. The van der Waals surface area contributed by atoms with Gasteiger partial charge in [0, 0.05) is 12.4 Å². The molecule has 1 aromatic rings. The van der Waals surface area contributed by atoms with Crippen LogP contribution in [-0.2, 0) is 4.79 Å². The van der Waals surface area contributed by atoms with E-state index in [9.17, 15) is 4.79 Å². The van der Waals surface area contributed by atoms with Crippen LogP contribution in [0.1, 0.15) is 13.3 Å². The number of hydrogen-bond acceptors (Lipinski definition) is 2. The van der Waals surface area contributed by atoms with Crippen LogP contribution < -0.4 is 0 Å². The highest BCUT2D eigenvalue weighted by Crippen LogP contribution is 2.15. The Morgan fingerprint density at radius 1 is 1.80 bits per heavy atom. The van der Waals surface area contributed by atoms with Crippen LogP contribution >= 0.6 is 0 Å². The van der Waals surface area contributed by atoms with Gasteiger partial charge in [0.2, 0.25) is 0 Å². The third kappa shape index (κ3) is 0.543. The number of rotatable bonds is 1. The van der Waals surface area contributed by atoms with E-state index in [1.807, 2.05) is 22.9 Å². The van der Waals surface area contributed by atoms with Gasteiger partial charge in [-0.25, -0.2) is 0 Å². The highest BCUT2D eigenvalue weighted by atomic mass is 16.1. The number of aromatic nitrogens is 1. The number of hydrogen-bond donors (Lipinski definition) is 0. The van der Waals surface area contributed by atoms with Crippen molar-refractivity contribution < 1.29 is 6.22 Å². The first-order valence-corrected chi connectivity index (χ1v) is 3.07. The van der Waals surface area contributed by atoms with Crippen molar-refractivity contribution in [2.24, 2.45) is 4.99 Å². The molecule has 1 atom stereocenters. The van der Waals surface area contributed by atoms with Crippen molar-refractivity contribution in [1.82, 2.24) is 4.57 Å². The molecule has 0 saturated heterocycles. The molecule has 1 aliphatic rings. The molecule has 0 N–H and O–H groups in total. The predicted octanol–water partition coefficient (Wildman–Crippen LogP) is 0.731. The predicted molar refractivity (Wildman–Crippen MR) is 38.2 cm³/mol. The van der Waals surface area contributed by atoms with Gasteiger partial charge in [-0.1, -0.05) is 0 Å². The standard InChI is InChI=1S/C7H6N2O/c10-5-7-8-4-6-2-1-3-9(6)7/h1-5,7H/p+1. The van der Waals surface area contributed by atoms with Gasteiger partial charge < -0.3 is 4.57 Å². The van der Waals surface area contributed by atoms with Gasteiger partial charge in [0.1, 0.15) is 0 Å². The van der Waals surface area contributed by atoms with E-state index in [1.54, 1.807) is 6.21 Å². The second kappa shape index (κ2) is 1.80. The Balaban J connectivity index is 0.000000605. The maximum Gasteiger partial charge on any atom is 1.00 e. The molecular weight excluding hydrogens is 128 g/mol. The van der Waals surface area contributed by atoms with Crippen LogP contribution in [0.2, 0.25) is 0 Å². The van der Waals surface area contributed by atoms with Crippen molar-refractivity contribution in [3.8, 4) is 0 Å². The molecule has 3 nitrogen and oxygen atoms in total. The van der Waals surface area contributed by atoms with Crippen molar-refractivity contribution in [1.29, 1.82) is 0 Å². The summed E-state index contributed by atoms with van der Waals surface area (Å²) in [6, 6.07) is 3.82. The molecule has 0 aromatic carbocycles. The van der Waals surface area contributed by atoms with Gasteiger partial charge in [0.15, 0.2) is 12.5 Å². The summed E-state index contributed by atoms with van der Waals surface area (Å²) in [6.45, 7) is 0. The lowest BCUT2D eigenvalue weighted by Crippen LogP contribution is -2.02. The van der Waals surface area contributed by atoms with Crippen LogP contribution in [0.4, 0.5) is 0 Å². The molecule has 50 valence electrons.